The zero-order valence-corrected chi connectivity index (χ0v) is 14.9. The molecule has 0 heterocycles. The highest BCUT2D eigenvalue weighted by Crippen LogP contribution is 2.59. The number of rotatable bonds is 3. The van der Waals surface area contributed by atoms with Gasteiger partial charge in [0.1, 0.15) is 5.75 Å². The van der Waals surface area contributed by atoms with Gasteiger partial charge in [-0.05, 0) is 28.3 Å². The van der Waals surface area contributed by atoms with Crippen LogP contribution in [0.25, 0.3) is 0 Å². The van der Waals surface area contributed by atoms with Crippen molar-refractivity contribution in [2.45, 2.75) is 46.2 Å². The van der Waals surface area contributed by atoms with Gasteiger partial charge >= 0.3 is 0 Å². The molecule has 3 heteroatoms. The maximum absolute atomic E-state index is 7.09. The summed E-state index contributed by atoms with van der Waals surface area (Å²) in [5.41, 5.74) is 0.0443. The zero-order chi connectivity index (χ0) is 14.9. The van der Waals surface area contributed by atoms with Gasteiger partial charge in [0.05, 0.1) is 11.7 Å². The van der Waals surface area contributed by atoms with E-state index in [1.54, 1.807) is 7.11 Å². The normalized spacial score (nSPS) is 14.1. The molecular formula is C16H26ClOP. The average Bonchev–Trinajstić information content (AvgIpc) is 2.26. The highest BCUT2D eigenvalue weighted by atomic mass is 35.5. The SMILES string of the molecule is COc1cccc(PC(Cl)(C(C)(C)C)C(C)(C)C)c1. The van der Waals surface area contributed by atoms with Crippen molar-refractivity contribution >= 4 is 25.5 Å². The molecule has 0 aliphatic carbocycles. The molecule has 0 bridgehead atoms. The molecule has 1 nitrogen and oxygen atoms in total. The summed E-state index contributed by atoms with van der Waals surface area (Å²) in [5, 5.41) is 1.25. The van der Waals surface area contributed by atoms with Gasteiger partial charge in [-0.25, -0.2) is 0 Å². The number of methoxy groups -OCH3 is 1. The first-order valence-corrected chi connectivity index (χ1v) is 8.00. The van der Waals surface area contributed by atoms with Gasteiger partial charge in [0, 0.05) is 0 Å². The van der Waals surface area contributed by atoms with Crippen LogP contribution >= 0.6 is 20.2 Å². The number of ether oxygens (including phenoxy) is 1. The van der Waals surface area contributed by atoms with Crippen molar-refractivity contribution in [3.63, 3.8) is 0 Å². The first-order chi connectivity index (χ1) is 8.51. The van der Waals surface area contributed by atoms with Crippen molar-refractivity contribution in [3.8, 4) is 5.75 Å². The molecule has 1 rings (SSSR count). The minimum Gasteiger partial charge on any atom is -0.497 e. The van der Waals surface area contributed by atoms with Crippen LogP contribution in [0.1, 0.15) is 41.5 Å². The van der Waals surface area contributed by atoms with E-state index in [0.717, 1.165) is 5.75 Å². The summed E-state index contributed by atoms with van der Waals surface area (Å²) in [7, 11) is 2.23. The molecule has 108 valence electrons. The summed E-state index contributed by atoms with van der Waals surface area (Å²) < 4.78 is 5.02. The molecule has 1 aromatic rings. The third-order valence-electron chi connectivity index (χ3n) is 3.45. The second-order valence-electron chi connectivity index (χ2n) is 7.02. The number of alkyl halides is 1. The van der Waals surface area contributed by atoms with Gasteiger partial charge in [0.25, 0.3) is 0 Å². The number of hydrogen-bond donors (Lipinski definition) is 0. The Morgan fingerprint density at radius 3 is 1.95 bits per heavy atom. The van der Waals surface area contributed by atoms with Crippen LogP contribution in [0.5, 0.6) is 5.75 Å². The van der Waals surface area contributed by atoms with Crippen LogP contribution in [0.4, 0.5) is 0 Å². The van der Waals surface area contributed by atoms with E-state index in [-0.39, 0.29) is 15.4 Å². The van der Waals surface area contributed by atoms with E-state index < -0.39 is 0 Å². The Labute approximate surface area is 124 Å². The molecule has 1 atom stereocenters. The van der Waals surface area contributed by atoms with Crippen molar-refractivity contribution in [3.05, 3.63) is 24.3 Å². The average molecular weight is 301 g/mol. The summed E-state index contributed by atoms with van der Waals surface area (Å²) in [6.45, 7) is 13.3. The molecule has 0 amide bonds. The number of hydrogen-bond acceptors (Lipinski definition) is 1. The zero-order valence-electron chi connectivity index (χ0n) is 13.1. The lowest BCUT2D eigenvalue weighted by Gasteiger charge is -2.49. The van der Waals surface area contributed by atoms with Gasteiger partial charge < -0.3 is 4.74 Å². The predicted molar refractivity (Wildman–Crippen MR) is 88.4 cm³/mol. The first kappa shape index (κ1) is 16.8. The van der Waals surface area contributed by atoms with Crippen LogP contribution in [0.15, 0.2) is 24.3 Å². The molecule has 0 saturated carbocycles. The maximum atomic E-state index is 7.09. The van der Waals surface area contributed by atoms with E-state index in [0.29, 0.717) is 8.58 Å². The largest absolute Gasteiger partial charge is 0.497 e. The van der Waals surface area contributed by atoms with Crippen LogP contribution in [-0.2, 0) is 0 Å². The summed E-state index contributed by atoms with van der Waals surface area (Å²) in [6, 6.07) is 8.23. The van der Waals surface area contributed by atoms with E-state index in [4.69, 9.17) is 16.3 Å². The Balaban J connectivity index is 3.16. The van der Waals surface area contributed by atoms with Crippen molar-refractivity contribution in [2.75, 3.05) is 7.11 Å². The third-order valence-corrected chi connectivity index (χ3v) is 7.31. The molecule has 0 aromatic heterocycles. The molecule has 0 saturated heterocycles. The Hall–Kier alpha value is -0.260. The molecular weight excluding hydrogens is 275 g/mol. The minimum atomic E-state index is -0.285. The monoisotopic (exact) mass is 300 g/mol. The van der Waals surface area contributed by atoms with Gasteiger partial charge in [0.15, 0.2) is 0 Å². The van der Waals surface area contributed by atoms with Crippen LogP contribution in [-0.4, -0.2) is 11.7 Å². The summed E-state index contributed by atoms with van der Waals surface area (Å²) in [6.07, 6.45) is 0. The van der Waals surface area contributed by atoms with Gasteiger partial charge in [0.2, 0.25) is 0 Å². The molecule has 0 aliphatic heterocycles. The fourth-order valence-corrected chi connectivity index (χ4v) is 4.27. The maximum Gasteiger partial charge on any atom is 0.119 e. The molecule has 1 aromatic carbocycles. The lowest BCUT2D eigenvalue weighted by atomic mass is 9.76. The lowest BCUT2D eigenvalue weighted by molar-refractivity contribution is 0.212. The Morgan fingerprint density at radius 1 is 1.00 bits per heavy atom. The second kappa shape index (κ2) is 5.62. The van der Waals surface area contributed by atoms with E-state index in [2.05, 4.69) is 53.7 Å². The summed E-state index contributed by atoms with van der Waals surface area (Å²) in [4.78, 5) is 0. The highest BCUT2D eigenvalue weighted by molar-refractivity contribution is 7.51. The van der Waals surface area contributed by atoms with E-state index in [1.807, 2.05) is 12.1 Å². The molecule has 0 radical (unpaired) electrons. The molecule has 0 aliphatic rings. The minimum absolute atomic E-state index is 0.0221. The topological polar surface area (TPSA) is 9.23 Å². The molecule has 0 N–H and O–H groups in total. The second-order valence-corrected chi connectivity index (χ2v) is 9.48. The van der Waals surface area contributed by atoms with Crippen molar-refractivity contribution in [2.24, 2.45) is 10.8 Å². The third kappa shape index (κ3) is 3.64. The Bertz CT molecular complexity index is 415. The van der Waals surface area contributed by atoms with E-state index >= 15 is 0 Å². The predicted octanol–water partition coefficient (Wildman–Crippen LogP) is 5.03. The fourth-order valence-electron chi connectivity index (χ4n) is 2.40. The van der Waals surface area contributed by atoms with Crippen molar-refractivity contribution in [1.82, 2.24) is 0 Å². The quantitative estimate of drug-likeness (QED) is 0.562. The number of halogens is 1. The molecule has 0 spiro atoms. The van der Waals surface area contributed by atoms with Crippen LogP contribution in [0.3, 0.4) is 0 Å². The smallest absolute Gasteiger partial charge is 0.119 e. The van der Waals surface area contributed by atoms with Crippen LogP contribution < -0.4 is 10.0 Å². The summed E-state index contributed by atoms with van der Waals surface area (Å²) in [5.74, 6) is 0.895. The van der Waals surface area contributed by atoms with Gasteiger partial charge in [-0.3, -0.25) is 0 Å². The van der Waals surface area contributed by atoms with Gasteiger partial charge in [-0.15, -0.1) is 11.6 Å². The molecule has 1 unspecified atom stereocenters. The molecule has 19 heavy (non-hydrogen) atoms. The standard InChI is InChI=1S/C16H26ClOP/c1-14(2,3)16(17,15(4,5)6)19-13-10-8-9-12(11-13)18-7/h8-11,19H,1-7H3. The highest BCUT2D eigenvalue weighted by Gasteiger charge is 2.49. The van der Waals surface area contributed by atoms with Crippen molar-refractivity contribution in [1.29, 1.82) is 0 Å². The first-order valence-electron chi connectivity index (χ1n) is 6.62. The Kier molecular flexibility index (Phi) is 4.97. The van der Waals surface area contributed by atoms with Gasteiger partial charge in [-0.1, -0.05) is 62.3 Å². The summed E-state index contributed by atoms with van der Waals surface area (Å²) >= 11 is 7.09. The fraction of sp³-hybridized carbons (Fsp3) is 0.625. The van der Waals surface area contributed by atoms with Crippen LogP contribution in [0, 0.1) is 10.8 Å². The Morgan fingerprint density at radius 2 is 1.53 bits per heavy atom. The van der Waals surface area contributed by atoms with Crippen molar-refractivity contribution < 1.29 is 4.74 Å². The van der Waals surface area contributed by atoms with E-state index in [1.165, 1.54) is 5.30 Å². The molecule has 0 fully saturated rings. The number of benzene rings is 1. The van der Waals surface area contributed by atoms with E-state index in [9.17, 15) is 0 Å². The lowest BCUT2D eigenvalue weighted by Crippen LogP contribution is -2.45. The van der Waals surface area contributed by atoms with Gasteiger partial charge in [-0.2, -0.15) is 0 Å². The van der Waals surface area contributed by atoms with Crippen LogP contribution in [0.2, 0.25) is 0 Å².